The van der Waals surface area contributed by atoms with Crippen LogP contribution < -0.4 is 10.9 Å². The molecule has 0 aromatic carbocycles. The average Bonchev–Trinajstić information content (AvgIpc) is 3.20. The molecule has 1 saturated carbocycles. The van der Waals surface area contributed by atoms with Gasteiger partial charge in [-0.15, -0.1) is 0 Å². The second kappa shape index (κ2) is 5.82. The van der Waals surface area contributed by atoms with E-state index in [1.165, 1.54) is 0 Å². The Morgan fingerprint density at radius 1 is 1.41 bits per heavy atom. The molecule has 0 unspecified atom stereocenters. The summed E-state index contributed by atoms with van der Waals surface area (Å²) in [5, 5.41) is 2.78. The molecular formula is C13H13F3N2O4. The van der Waals surface area contributed by atoms with Crippen LogP contribution in [-0.4, -0.2) is 29.9 Å². The van der Waals surface area contributed by atoms with Crippen molar-refractivity contribution in [1.82, 2.24) is 4.98 Å². The molecule has 0 atom stereocenters. The van der Waals surface area contributed by atoms with Crippen molar-refractivity contribution in [2.45, 2.75) is 31.5 Å². The summed E-state index contributed by atoms with van der Waals surface area (Å²) in [7, 11) is 1.06. The molecule has 1 fully saturated rings. The number of nitrogens with one attached hydrogen (secondary N) is 2. The third-order valence-corrected chi connectivity index (χ3v) is 3.11. The maximum absolute atomic E-state index is 12.8. The van der Waals surface area contributed by atoms with Crippen molar-refractivity contribution in [2.24, 2.45) is 0 Å². The number of alkyl halides is 3. The molecule has 1 heterocycles. The topological polar surface area (TPSA) is 88.3 Å². The summed E-state index contributed by atoms with van der Waals surface area (Å²) in [6, 6.07) is 0.464. The van der Waals surface area contributed by atoms with E-state index in [4.69, 9.17) is 0 Å². The number of methoxy groups -OCH3 is 1. The number of ether oxygens (including phenoxy) is 1. The lowest BCUT2D eigenvalue weighted by Crippen LogP contribution is -2.25. The van der Waals surface area contributed by atoms with Crippen molar-refractivity contribution in [3.8, 4) is 0 Å². The number of hydrogen-bond donors (Lipinski definition) is 2. The Hall–Kier alpha value is -2.32. The van der Waals surface area contributed by atoms with Crippen molar-refractivity contribution in [3.63, 3.8) is 0 Å². The van der Waals surface area contributed by atoms with Crippen LogP contribution in [0.25, 0.3) is 0 Å². The SMILES string of the molecule is COC(=O)CC(=O)c1cc(C(F)(F)F)c(=O)[nH]c1NC1CC1. The molecule has 120 valence electrons. The normalized spacial score (nSPS) is 14.5. The van der Waals surface area contributed by atoms with Gasteiger partial charge in [-0.25, -0.2) is 0 Å². The van der Waals surface area contributed by atoms with Gasteiger partial charge >= 0.3 is 12.1 Å². The number of esters is 1. The number of H-pyrrole nitrogens is 1. The van der Waals surface area contributed by atoms with Crippen molar-refractivity contribution in [3.05, 3.63) is 27.5 Å². The molecule has 1 aliphatic carbocycles. The minimum atomic E-state index is -4.90. The van der Waals surface area contributed by atoms with E-state index >= 15 is 0 Å². The van der Waals surface area contributed by atoms with E-state index in [-0.39, 0.29) is 17.4 Å². The summed E-state index contributed by atoms with van der Waals surface area (Å²) in [5.41, 5.74) is -3.21. The molecule has 0 spiro atoms. The van der Waals surface area contributed by atoms with Gasteiger partial charge in [0.25, 0.3) is 5.56 Å². The van der Waals surface area contributed by atoms with Gasteiger partial charge in [0.1, 0.15) is 17.8 Å². The minimum Gasteiger partial charge on any atom is -0.469 e. The zero-order chi connectivity index (χ0) is 16.5. The molecule has 1 aromatic heterocycles. The molecule has 0 radical (unpaired) electrons. The molecule has 2 rings (SSSR count). The minimum absolute atomic E-state index is 0.00272. The fraction of sp³-hybridized carbons (Fsp3) is 0.462. The molecule has 9 heteroatoms. The van der Waals surface area contributed by atoms with Crippen LogP contribution in [-0.2, 0) is 15.7 Å². The van der Waals surface area contributed by atoms with Crippen LogP contribution in [0.1, 0.15) is 35.2 Å². The number of pyridine rings is 1. The molecule has 0 bridgehead atoms. The second-order valence-electron chi connectivity index (χ2n) is 4.89. The second-order valence-corrected chi connectivity index (χ2v) is 4.89. The zero-order valence-electron chi connectivity index (χ0n) is 11.5. The maximum atomic E-state index is 12.8. The average molecular weight is 318 g/mol. The van der Waals surface area contributed by atoms with Crippen molar-refractivity contribution >= 4 is 17.6 Å². The largest absolute Gasteiger partial charge is 0.469 e. The van der Waals surface area contributed by atoms with Crippen molar-refractivity contribution in [2.75, 3.05) is 12.4 Å². The van der Waals surface area contributed by atoms with Crippen LogP contribution in [0.4, 0.5) is 19.0 Å². The van der Waals surface area contributed by atoms with Crippen molar-refractivity contribution in [1.29, 1.82) is 0 Å². The van der Waals surface area contributed by atoms with Crippen LogP contribution in [0.5, 0.6) is 0 Å². The Kier molecular flexibility index (Phi) is 4.25. The first-order chi connectivity index (χ1) is 10.2. The number of ketones is 1. The first-order valence-electron chi connectivity index (χ1n) is 6.43. The number of aromatic amines is 1. The highest BCUT2D eigenvalue weighted by Crippen LogP contribution is 2.30. The predicted octanol–water partition coefficient (Wildman–Crippen LogP) is 1.71. The van der Waals surface area contributed by atoms with E-state index < -0.39 is 35.5 Å². The predicted molar refractivity (Wildman–Crippen MR) is 69.7 cm³/mol. The third kappa shape index (κ3) is 3.66. The quantitative estimate of drug-likeness (QED) is 0.490. The van der Waals surface area contributed by atoms with Gasteiger partial charge in [-0.05, 0) is 18.9 Å². The number of carbonyl (C=O) groups is 2. The van der Waals surface area contributed by atoms with E-state index in [2.05, 4.69) is 10.1 Å². The van der Waals surface area contributed by atoms with Crippen LogP contribution in [0.2, 0.25) is 0 Å². The fourth-order valence-corrected chi connectivity index (χ4v) is 1.80. The Morgan fingerprint density at radius 2 is 2.05 bits per heavy atom. The summed E-state index contributed by atoms with van der Waals surface area (Å²) < 4.78 is 42.7. The van der Waals surface area contributed by atoms with E-state index in [1.54, 1.807) is 0 Å². The monoisotopic (exact) mass is 318 g/mol. The number of Topliss-reactive ketones (excluding diaryl/α,β-unsaturated/α-hetero) is 1. The molecule has 6 nitrogen and oxygen atoms in total. The molecule has 1 aliphatic rings. The summed E-state index contributed by atoms with van der Waals surface area (Å²) in [5.74, 6) is -1.84. The number of halogens is 3. The molecule has 2 N–H and O–H groups in total. The molecule has 22 heavy (non-hydrogen) atoms. The van der Waals surface area contributed by atoms with Crippen LogP contribution in [0, 0.1) is 0 Å². The number of carbonyl (C=O) groups excluding carboxylic acids is 2. The van der Waals surface area contributed by atoms with Gasteiger partial charge < -0.3 is 15.0 Å². The zero-order valence-corrected chi connectivity index (χ0v) is 11.5. The van der Waals surface area contributed by atoms with Gasteiger partial charge in [0, 0.05) is 6.04 Å². The van der Waals surface area contributed by atoms with Crippen LogP contribution in [0.15, 0.2) is 10.9 Å². The fourth-order valence-electron chi connectivity index (χ4n) is 1.80. The van der Waals surface area contributed by atoms with Gasteiger partial charge in [0.15, 0.2) is 5.78 Å². The van der Waals surface area contributed by atoms with E-state index in [0.29, 0.717) is 6.07 Å². The number of hydrogen-bond acceptors (Lipinski definition) is 5. The van der Waals surface area contributed by atoms with Crippen molar-refractivity contribution < 1.29 is 27.5 Å². The summed E-state index contributed by atoms with van der Waals surface area (Å²) in [6.45, 7) is 0. The van der Waals surface area contributed by atoms with Gasteiger partial charge in [0.05, 0.1) is 12.7 Å². The Bertz CT molecular complexity index is 662. The van der Waals surface area contributed by atoms with Crippen LogP contribution in [0.3, 0.4) is 0 Å². The lowest BCUT2D eigenvalue weighted by Gasteiger charge is -2.13. The maximum Gasteiger partial charge on any atom is 0.421 e. The first kappa shape index (κ1) is 16.1. The van der Waals surface area contributed by atoms with Gasteiger partial charge in [-0.3, -0.25) is 14.4 Å². The Balaban J connectivity index is 2.44. The summed E-state index contributed by atoms with van der Waals surface area (Å²) in [6.07, 6.45) is -4.04. The van der Waals surface area contributed by atoms with E-state index in [1.807, 2.05) is 4.98 Å². The molecular weight excluding hydrogens is 305 g/mol. The number of rotatable bonds is 5. The summed E-state index contributed by atoms with van der Waals surface area (Å²) in [4.78, 5) is 36.7. The Morgan fingerprint density at radius 3 is 2.55 bits per heavy atom. The van der Waals surface area contributed by atoms with Gasteiger partial charge in [-0.2, -0.15) is 13.2 Å². The highest BCUT2D eigenvalue weighted by molar-refractivity contribution is 6.08. The smallest absolute Gasteiger partial charge is 0.421 e. The third-order valence-electron chi connectivity index (χ3n) is 3.11. The van der Waals surface area contributed by atoms with Gasteiger partial charge in [-0.1, -0.05) is 0 Å². The van der Waals surface area contributed by atoms with Gasteiger partial charge in [0.2, 0.25) is 0 Å². The first-order valence-corrected chi connectivity index (χ1v) is 6.43. The van der Waals surface area contributed by atoms with E-state index in [0.717, 1.165) is 20.0 Å². The highest BCUT2D eigenvalue weighted by Gasteiger charge is 2.36. The molecule has 0 aliphatic heterocycles. The standard InChI is InChI=1S/C13H13F3N2O4/c1-22-10(20)5-9(19)7-4-8(13(14,15)16)12(21)18-11(7)17-6-2-3-6/h4,6H,2-3,5H2,1H3,(H2,17,18,21). The molecule has 0 amide bonds. The van der Waals surface area contributed by atoms with Crippen LogP contribution >= 0.6 is 0 Å². The molecule has 0 saturated heterocycles. The summed E-state index contributed by atoms with van der Waals surface area (Å²) >= 11 is 0. The van der Waals surface area contributed by atoms with E-state index in [9.17, 15) is 27.6 Å². The highest BCUT2D eigenvalue weighted by atomic mass is 19.4. The lowest BCUT2D eigenvalue weighted by molar-refractivity contribution is -0.139. The number of aromatic nitrogens is 1. The lowest BCUT2D eigenvalue weighted by atomic mass is 10.1. The molecule has 1 aromatic rings. The Labute approximate surface area is 122 Å². The number of anilines is 1.